The average Bonchev–Trinajstić information content (AvgIpc) is 3.26. The zero-order valence-electron chi connectivity index (χ0n) is 16.9. The first-order valence-electron chi connectivity index (χ1n) is 9.50. The Labute approximate surface area is 180 Å². The summed E-state index contributed by atoms with van der Waals surface area (Å²) in [6.45, 7) is 0.142. The van der Waals surface area contributed by atoms with Gasteiger partial charge in [-0.15, -0.1) is 0 Å². The van der Waals surface area contributed by atoms with Crippen molar-refractivity contribution in [1.82, 2.24) is 25.2 Å². The van der Waals surface area contributed by atoms with Gasteiger partial charge in [-0.25, -0.2) is 18.1 Å². The van der Waals surface area contributed by atoms with E-state index in [1.165, 1.54) is 6.08 Å². The fourth-order valence-electron chi connectivity index (χ4n) is 2.60. The van der Waals surface area contributed by atoms with Gasteiger partial charge in [-0.05, 0) is 35.9 Å². The molecule has 0 spiro atoms. The lowest BCUT2D eigenvalue weighted by atomic mass is 10.2. The van der Waals surface area contributed by atoms with Crippen molar-refractivity contribution in [1.29, 1.82) is 0 Å². The summed E-state index contributed by atoms with van der Waals surface area (Å²) in [4.78, 5) is 16.3. The summed E-state index contributed by atoms with van der Waals surface area (Å²) in [5, 5.41) is 10.7. The van der Waals surface area contributed by atoms with Crippen molar-refractivity contribution in [2.24, 2.45) is 0 Å². The second-order valence-corrected chi connectivity index (χ2v) is 8.16. The summed E-state index contributed by atoms with van der Waals surface area (Å²) in [6, 6.07) is 16.4. The molecule has 0 fully saturated rings. The van der Waals surface area contributed by atoms with Gasteiger partial charge >= 0.3 is 0 Å². The first-order chi connectivity index (χ1) is 14.9. The standard InChI is InChI=1S/C21H23N5O4S/c1-30-18-9-7-17(8-10-18)21-24-19(25-26-21)15-22-20(27)11-13-23-31(28,29)14-12-16-5-3-2-4-6-16/h2-10,12,14,23H,11,13,15H2,1H3,(H,22,27)(H,24,25,26)/b14-12+. The smallest absolute Gasteiger partial charge is 0.233 e. The number of sulfonamides is 1. The predicted molar refractivity (Wildman–Crippen MR) is 117 cm³/mol. The summed E-state index contributed by atoms with van der Waals surface area (Å²) in [5.74, 6) is 1.42. The number of hydrogen-bond acceptors (Lipinski definition) is 6. The van der Waals surface area contributed by atoms with Crippen LogP contribution >= 0.6 is 0 Å². The highest BCUT2D eigenvalue weighted by Gasteiger charge is 2.09. The Hall–Kier alpha value is -3.50. The molecule has 1 aromatic heterocycles. The van der Waals surface area contributed by atoms with E-state index < -0.39 is 10.0 Å². The maximum Gasteiger partial charge on any atom is 0.233 e. The first-order valence-corrected chi connectivity index (χ1v) is 11.0. The van der Waals surface area contributed by atoms with Gasteiger partial charge < -0.3 is 10.1 Å². The molecule has 0 bridgehead atoms. The number of carbonyl (C=O) groups excluding carboxylic acids is 1. The van der Waals surface area contributed by atoms with Gasteiger partial charge in [0, 0.05) is 23.9 Å². The van der Waals surface area contributed by atoms with Crippen LogP contribution in [0.2, 0.25) is 0 Å². The molecule has 0 saturated carbocycles. The van der Waals surface area contributed by atoms with Crippen molar-refractivity contribution >= 4 is 22.0 Å². The molecule has 1 amide bonds. The molecule has 3 aromatic rings. The third kappa shape index (κ3) is 7.05. The number of hydrogen-bond donors (Lipinski definition) is 3. The van der Waals surface area contributed by atoms with Crippen LogP contribution in [0.3, 0.4) is 0 Å². The van der Waals surface area contributed by atoms with E-state index in [0.717, 1.165) is 22.3 Å². The number of rotatable bonds is 10. The van der Waals surface area contributed by atoms with Crippen molar-refractivity contribution in [3.63, 3.8) is 0 Å². The first kappa shape index (κ1) is 22.2. The number of methoxy groups -OCH3 is 1. The van der Waals surface area contributed by atoms with E-state index in [-0.39, 0.29) is 25.4 Å². The van der Waals surface area contributed by atoms with Gasteiger partial charge in [-0.3, -0.25) is 9.89 Å². The SMILES string of the molecule is COc1ccc(-c2n[nH]c(CNC(=O)CCNS(=O)(=O)/C=C/c3ccccc3)n2)cc1. The van der Waals surface area contributed by atoms with Crippen LogP contribution in [-0.4, -0.2) is 43.2 Å². The van der Waals surface area contributed by atoms with Crippen LogP contribution < -0.4 is 14.8 Å². The molecule has 1 heterocycles. The van der Waals surface area contributed by atoms with Crippen molar-refractivity contribution < 1.29 is 17.9 Å². The van der Waals surface area contributed by atoms with Crippen LogP contribution in [0.4, 0.5) is 0 Å². The topological polar surface area (TPSA) is 126 Å². The average molecular weight is 442 g/mol. The van der Waals surface area contributed by atoms with Crippen LogP contribution in [0, 0.1) is 0 Å². The zero-order valence-corrected chi connectivity index (χ0v) is 17.7. The highest BCUT2D eigenvalue weighted by Crippen LogP contribution is 2.18. The molecule has 9 nitrogen and oxygen atoms in total. The maximum atomic E-state index is 12.0. The molecule has 31 heavy (non-hydrogen) atoms. The fraction of sp³-hybridized carbons (Fsp3) is 0.190. The molecule has 0 saturated heterocycles. The molecule has 3 rings (SSSR count). The summed E-state index contributed by atoms with van der Waals surface area (Å²) in [7, 11) is -2.03. The molecule has 2 aromatic carbocycles. The fourth-order valence-corrected chi connectivity index (χ4v) is 3.42. The molecule has 0 unspecified atom stereocenters. The second kappa shape index (κ2) is 10.5. The summed E-state index contributed by atoms with van der Waals surface area (Å²) >= 11 is 0. The van der Waals surface area contributed by atoms with Gasteiger partial charge in [-0.1, -0.05) is 30.3 Å². The lowest BCUT2D eigenvalue weighted by Gasteiger charge is -2.04. The van der Waals surface area contributed by atoms with Crippen LogP contribution in [0.5, 0.6) is 5.75 Å². The van der Waals surface area contributed by atoms with Crippen molar-refractivity contribution in [2.75, 3.05) is 13.7 Å². The number of nitrogens with zero attached hydrogens (tertiary/aromatic N) is 2. The van der Waals surface area contributed by atoms with Gasteiger partial charge in [-0.2, -0.15) is 5.10 Å². The predicted octanol–water partition coefficient (Wildman–Crippen LogP) is 2.08. The largest absolute Gasteiger partial charge is 0.497 e. The normalized spacial score (nSPS) is 11.5. The molecule has 0 aliphatic rings. The van der Waals surface area contributed by atoms with Gasteiger partial charge in [0.2, 0.25) is 15.9 Å². The Morgan fingerprint density at radius 2 is 1.87 bits per heavy atom. The van der Waals surface area contributed by atoms with E-state index in [9.17, 15) is 13.2 Å². The Morgan fingerprint density at radius 3 is 2.58 bits per heavy atom. The number of carbonyl (C=O) groups is 1. The minimum absolute atomic E-state index is 0.00210. The van der Waals surface area contributed by atoms with Crippen LogP contribution in [0.1, 0.15) is 17.8 Å². The van der Waals surface area contributed by atoms with Crippen LogP contribution in [0.25, 0.3) is 17.5 Å². The molecule has 0 radical (unpaired) electrons. The van der Waals surface area contributed by atoms with Crippen LogP contribution in [0.15, 0.2) is 60.0 Å². The molecule has 0 aliphatic heterocycles. The number of nitrogens with one attached hydrogen (secondary N) is 3. The third-order valence-electron chi connectivity index (χ3n) is 4.23. The number of amides is 1. The lowest BCUT2D eigenvalue weighted by Crippen LogP contribution is -2.29. The molecule has 0 atom stereocenters. The van der Waals surface area contributed by atoms with E-state index in [2.05, 4.69) is 25.2 Å². The number of ether oxygens (including phenoxy) is 1. The maximum absolute atomic E-state index is 12.0. The van der Waals surface area contributed by atoms with E-state index in [0.29, 0.717) is 11.6 Å². The Kier molecular flexibility index (Phi) is 7.52. The third-order valence-corrected chi connectivity index (χ3v) is 5.33. The second-order valence-electron chi connectivity index (χ2n) is 6.51. The van der Waals surface area contributed by atoms with Gasteiger partial charge in [0.25, 0.3) is 0 Å². The van der Waals surface area contributed by atoms with E-state index in [1.807, 2.05) is 42.5 Å². The molecular weight excluding hydrogens is 418 g/mol. The Morgan fingerprint density at radius 1 is 1.13 bits per heavy atom. The summed E-state index contributed by atoms with van der Waals surface area (Å²) < 4.78 is 31.5. The molecular formula is C21H23N5O4S. The van der Waals surface area contributed by atoms with E-state index in [4.69, 9.17) is 4.74 Å². The van der Waals surface area contributed by atoms with Gasteiger partial charge in [0.15, 0.2) is 5.82 Å². The van der Waals surface area contributed by atoms with Crippen molar-refractivity contribution in [3.05, 3.63) is 71.4 Å². The number of H-pyrrole nitrogens is 1. The molecule has 0 aliphatic carbocycles. The quantitative estimate of drug-likeness (QED) is 0.442. The van der Waals surface area contributed by atoms with E-state index in [1.54, 1.807) is 19.2 Å². The van der Waals surface area contributed by atoms with Crippen molar-refractivity contribution in [3.8, 4) is 17.1 Å². The van der Waals surface area contributed by atoms with Gasteiger partial charge in [0.05, 0.1) is 13.7 Å². The van der Waals surface area contributed by atoms with Gasteiger partial charge in [0.1, 0.15) is 11.6 Å². The Bertz CT molecular complexity index is 1130. The monoisotopic (exact) mass is 441 g/mol. The number of benzene rings is 2. The minimum Gasteiger partial charge on any atom is -0.497 e. The van der Waals surface area contributed by atoms with Crippen molar-refractivity contribution in [2.45, 2.75) is 13.0 Å². The number of aromatic amines is 1. The molecule has 10 heteroatoms. The Balaban J connectivity index is 1.42. The zero-order chi connectivity index (χ0) is 22.1. The van der Waals surface area contributed by atoms with E-state index >= 15 is 0 Å². The summed E-state index contributed by atoms with van der Waals surface area (Å²) in [6.07, 6.45) is 1.49. The lowest BCUT2D eigenvalue weighted by molar-refractivity contribution is -0.121. The highest BCUT2D eigenvalue weighted by molar-refractivity contribution is 7.92. The highest BCUT2D eigenvalue weighted by atomic mass is 32.2. The van der Waals surface area contributed by atoms with Crippen LogP contribution in [-0.2, 0) is 21.4 Å². The summed E-state index contributed by atoms with van der Waals surface area (Å²) in [5.41, 5.74) is 1.58. The molecule has 3 N–H and O–H groups in total. The molecule has 162 valence electrons. The number of aromatic nitrogens is 3. The minimum atomic E-state index is -3.62.